The van der Waals surface area contributed by atoms with Crippen molar-refractivity contribution in [2.75, 3.05) is 26.7 Å². The van der Waals surface area contributed by atoms with Crippen molar-refractivity contribution in [3.63, 3.8) is 0 Å². The van der Waals surface area contributed by atoms with E-state index in [1.165, 1.54) is 32.2 Å². The molecule has 3 nitrogen and oxygen atoms in total. The molecule has 2 fully saturated rings. The third-order valence-corrected chi connectivity index (χ3v) is 5.49. The second kappa shape index (κ2) is 6.76. The molecule has 0 spiro atoms. The number of nitrogens with one attached hydrogen (secondary N) is 1. The van der Waals surface area contributed by atoms with Crippen molar-refractivity contribution in [1.29, 1.82) is 0 Å². The molecule has 3 heteroatoms. The zero-order chi connectivity index (χ0) is 14.8. The van der Waals surface area contributed by atoms with Crippen LogP contribution in [0.4, 0.5) is 0 Å². The third kappa shape index (κ3) is 3.75. The van der Waals surface area contributed by atoms with Crippen molar-refractivity contribution < 1.29 is 4.74 Å². The lowest BCUT2D eigenvalue weighted by Crippen LogP contribution is -2.54. The number of ether oxygens (including phenoxy) is 1. The summed E-state index contributed by atoms with van der Waals surface area (Å²) in [5, 5.41) is 3.73. The SMILES string of the molecule is CCNC1CCC(C(C)(C)C)CC1N1CCC(OC)C1. The molecular formula is C17H34N2O. The second-order valence-electron chi connectivity index (χ2n) is 7.75. The minimum Gasteiger partial charge on any atom is -0.380 e. The Balaban J connectivity index is 2.03. The molecule has 1 heterocycles. The van der Waals surface area contributed by atoms with Gasteiger partial charge in [-0.3, -0.25) is 4.90 Å². The first-order valence-corrected chi connectivity index (χ1v) is 8.46. The highest BCUT2D eigenvalue weighted by Crippen LogP contribution is 2.40. The van der Waals surface area contributed by atoms with Crippen LogP contribution in [0.15, 0.2) is 0 Å². The molecule has 1 aliphatic heterocycles. The van der Waals surface area contributed by atoms with Gasteiger partial charge in [0.05, 0.1) is 6.10 Å². The van der Waals surface area contributed by atoms with Gasteiger partial charge in [-0.25, -0.2) is 0 Å². The van der Waals surface area contributed by atoms with Gasteiger partial charge in [0.25, 0.3) is 0 Å². The molecule has 0 radical (unpaired) electrons. The summed E-state index contributed by atoms with van der Waals surface area (Å²) in [5.41, 5.74) is 0.440. The number of nitrogens with zero attached hydrogens (tertiary/aromatic N) is 1. The van der Waals surface area contributed by atoms with Crippen molar-refractivity contribution >= 4 is 0 Å². The Morgan fingerprint density at radius 2 is 1.95 bits per heavy atom. The average molecular weight is 282 g/mol. The van der Waals surface area contributed by atoms with Crippen molar-refractivity contribution in [3.8, 4) is 0 Å². The lowest BCUT2D eigenvalue weighted by atomic mass is 9.69. The Hall–Kier alpha value is -0.120. The first-order chi connectivity index (χ1) is 9.45. The average Bonchev–Trinajstić information content (AvgIpc) is 2.87. The largest absolute Gasteiger partial charge is 0.380 e. The normalized spacial score (nSPS) is 36.5. The predicted octanol–water partition coefficient (Wildman–Crippen LogP) is 2.90. The van der Waals surface area contributed by atoms with Crippen LogP contribution in [0, 0.1) is 11.3 Å². The summed E-state index contributed by atoms with van der Waals surface area (Å²) in [6, 6.07) is 1.38. The summed E-state index contributed by atoms with van der Waals surface area (Å²) in [4.78, 5) is 2.69. The molecule has 0 bridgehead atoms. The number of methoxy groups -OCH3 is 1. The molecule has 4 unspecified atom stereocenters. The Morgan fingerprint density at radius 1 is 1.20 bits per heavy atom. The molecule has 0 aromatic heterocycles. The van der Waals surface area contributed by atoms with Gasteiger partial charge in [0.15, 0.2) is 0 Å². The fourth-order valence-electron chi connectivity index (χ4n) is 4.08. The predicted molar refractivity (Wildman–Crippen MR) is 85.0 cm³/mol. The maximum atomic E-state index is 5.56. The molecule has 118 valence electrons. The second-order valence-corrected chi connectivity index (χ2v) is 7.75. The molecule has 2 rings (SSSR count). The Bertz CT molecular complexity index is 300. The van der Waals surface area contributed by atoms with Crippen LogP contribution in [0.3, 0.4) is 0 Å². The summed E-state index contributed by atoms with van der Waals surface area (Å²) in [6.07, 6.45) is 5.70. The van der Waals surface area contributed by atoms with Crippen LogP contribution < -0.4 is 5.32 Å². The smallest absolute Gasteiger partial charge is 0.0710 e. The van der Waals surface area contributed by atoms with E-state index >= 15 is 0 Å². The molecule has 0 amide bonds. The maximum absolute atomic E-state index is 5.56. The third-order valence-electron chi connectivity index (χ3n) is 5.49. The number of likely N-dealkylation sites (N-methyl/N-ethyl adjacent to an activating group) is 1. The van der Waals surface area contributed by atoms with Gasteiger partial charge < -0.3 is 10.1 Å². The molecule has 0 aromatic rings. The highest BCUT2D eigenvalue weighted by molar-refractivity contribution is 4.96. The lowest BCUT2D eigenvalue weighted by molar-refractivity contribution is 0.0545. The van der Waals surface area contributed by atoms with Crippen LogP contribution in [0.1, 0.15) is 53.4 Å². The summed E-state index contributed by atoms with van der Waals surface area (Å²) in [5.74, 6) is 0.851. The zero-order valence-electron chi connectivity index (χ0n) is 14.1. The molecule has 2 aliphatic rings. The van der Waals surface area contributed by atoms with Crippen LogP contribution in [0.5, 0.6) is 0 Å². The topological polar surface area (TPSA) is 24.5 Å². The first kappa shape index (κ1) is 16.3. The van der Waals surface area contributed by atoms with Crippen molar-refractivity contribution in [1.82, 2.24) is 10.2 Å². The Kier molecular flexibility index (Phi) is 5.49. The van der Waals surface area contributed by atoms with Crippen molar-refractivity contribution in [2.24, 2.45) is 11.3 Å². The van der Waals surface area contributed by atoms with Gasteiger partial charge in [-0.05, 0) is 43.6 Å². The van der Waals surface area contributed by atoms with Gasteiger partial charge in [0.1, 0.15) is 0 Å². The zero-order valence-corrected chi connectivity index (χ0v) is 14.1. The van der Waals surface area contributed by atoms with Crippen LogP contribution >= 0.6 is 0 Å². The van der Waals surface area contributed by atoms with Gasteiger partial charge in [-0.15, -0.1) is 0 Å². The quantitative estimate of drug-likeness (QED) is 0.858. The van der Waals surface area contributed by atoms with Crippen LogP contribution in [0.2, 0.25) is 0 Å². The van der Waals surface area contributed by atoms with Gasteiger partial charge >= 0.3 is 0 Å². The fourth-order valence-corrected chi connectivity index (χ4v) is 4.08. The van der Waals surface area contributed by atoms with Gasteiger partial charge in [0.2, 0.25) is 0 Å². The van der Waals surface area contributed by atoms with E-state index in [1.807, 2.05) is 7.11 Å². The minimum atomic E-state index is 0.440. The minimum absolute atomic E-state index is 0.440. The molecule has 0 aromatic carbocycles. The Labute approximate surface area is 125 Å². The van der Waals surface area contributed by atoms with Gasteiger partial charge in [-0.1, -0.05) is 27.7 Å². The maximum Gasteiger partial charge on any atom is 0.0710 e. The fraction of sp³-hybridized carbons (Fsp3) is 1.00. The summed E-state index contributed by atoms with van der Waals surface area (Å²) < 4.78 is 5.56. The van der Waals surface area contributed by atoms with E-state index in [9.17, 15) is 0 Å². The highest BCUT2D eigenvalue weighted by atomic mass is 16.5. The summed E-state index contributed by atoms with van der Waals surface area (Å²) >= 11 is 0. The number of hydrogen-bond donors (Lipinski definition) is 1. The molecule has 1 aliphatic carbocycles. The number of rotatable bonds is 4. The summed E-state index contributed by atoms with van der Waals surface area (Å²) in [7, 11) is 1.86. The van der Waals surface area contributed by atoms with E-state index in [2.05, 4.69) is 37.9 Å². The Morgan fingerprint density at radius 3 is 2.50 bits per heavy atom. The monoisotopic (exact) mass is 282 g/mol. The standard InChI is InChI=1S/C17H34N2O/c1-6-18-15-8-7-13(17(2,3)4)11-16(15)19-10-9-14(12-19)20-5/h13-16,18H,6-12H2,1-5H3. The van der Waals surface area contributed by atoms with Crippen LogP contribution in [-0.2, 0) is 4.74 Å². The van der Waals surface area contributed by atoms with E-state index in [0.29, 0.717) is 23.6 Å². The van der Waals surface area contributed by atoms with Gasteiger partial charge in [0, 0.05) is 32.3 Å². The van der Waals surface area contributed by atoms with Gasteiger partial charge in [-0.2, -0.15) is 0 Å². The molecule has 1 saturated carbocycles. The van der Waals surface area contributed by atoms with E-state index < -0.39 is 0 Å². The van der Waals surface area contributed by atoms with E-state index in [-0.39, 0.29) is 0 Å². The molecule has 20 heavy (non-hydrogen) atoms. The van der Waals surface area contributed by atoms with Crippen LogP contribution in [0.25, 0.3) is 0 Å². The molecule has 1 N–H and O–H groups in total. The van der Waals surface area contributed by atoms with Crippen LogP contribution in [-0.4, -0.2) is 49.8 Å². The highest BCUT2D eigenvalue weighted by Gasteiger charge is 2.40. The lowest BCUT2D eigenvalue weighted by Gasteiger charge is -2.45. The van der Waals surface area contributed by atoms with E-state index in [1.54, 1.807) is 0 Å². The van der Waals surface area contributed by atoms with Crippen molar-refractivity contribution in [2.45, 2.75) is 71.6 Å². The molecule has 1 saturated heterocycles. The molecular weight excluding hydrogens is 248 g/mol. The number of hydrogen-bond acceptors (Lipinski definition) is 3. The number of likely N-dealkylation sites (tertiary alicyclic amines) is 1. The van der Waals surface area contributed by atoms with E-state index in [0.717, 1.165) is 19.0 Å². The first-order valence-electron chi connectivity index (χ1n) is 8.46. The van der Waals surface area contributed by atoms with Crippen molar-refractivity contribution in [3.05, 3.63) is 0 Å². The molecule has 4 atom stereocenters. The summed E-state index contributed by atoms with van der Waals surface area (Å²) in [6.45, 7) is 12.9. The van der Waals surface area contributed by atoms with E-state index in [4.69, 9.17) is 4.74 Å².